The van der Waals surface area contributed by atoms with Gasteiger partial charge in [-0.1, -0.05) is 12.1 Å². The molecule has 0 aliphatic carbocycles. The van der Waals surface area contributed by atoms with Crippen LogP contribution in [0, 0.1) is 0 Å². The molecule has 0 spiro atoms. The van der Waals surface area contributed by atoms with Crippen LogP contribution in [0.4, 0.5) is 0 Å². The number of rotatable bonds is 8. The topological polar surface area (TPSA) is 102 Å². The molecule has 0 fully saturated rings. The molecule has 7 nitrogen and oxygen atoms in total. The molecule has 0 saturated carbocycles. The van der Waals surface area contributed by atoms with Crippen molar-refractivity contribution in [3.05, 3.63) is 72.5 Å². The second kappa shape index (κ2) is 11.8. The first-order chi connectivity index (χ1) is 13.4. The van der Waals surface area contributed by atoms with Gasteiger partial charge in [0.15, 0.2) is 23.0 Å². The minimum atomic E-state index is -1.06. The molecule has 2 aromatic carbocycles. The lowest BCUT2D eigenvalue weighted by molar-refractivity contribution is -0.131. The quantitative estimate of drug-likeness (QED) is 0.309. The molecule has 0 amide bonds. The normalized spacial score (nSPS) is 9.79. The number of hydrogen-bond acceptors (Lipinski definition) is 6. The number of aliphatic carboxylic acids is 1. The largest absolute Gasteiger partial charge is 0.504 e. The number of phenols is 1. The number of benzene rings is 2. The van der Waals surface area contributed by atoms with Crippen molar-refractivity contribution in [1.29, 1.82) is 0 Å². The molecule has 148 valence electrons. The maximum Gasteiger partial charge on any atom is 0.331 e. The van der Waals surface area contributed by atoms with Crippen LogP contribution < -0.4 is 14.2 Å². The molecule has 0 aromatic heterocycles. The molecule has 0 unspecified atom stereocenters. The zero-order valence-electron chi connectivity index (χ0n) is 15.6. The van der Waals surface area contributed by atoms with Gasteiger partial charge in [0.2, 0.25) is 0 Å². The van der Waals surface area contributed by atoms with Crippen molar-refractivity contribution in [2.24, 2.45) is 0 Å². The Labute approximate surface area is 163 Å². The van der Waals surface area contributed by atoms with Gasteiger partial charge in [-0.05, 0) is 42.3 Å². The highest BCUT2D eigenvalue weighted by Gasteiger charge is 2.04. The van der Waals surface area contributed by atoms with E-state index >= 15 is 0 Å². The Morgan fingerprint density at radius 1 is 1.07 bits per heavy atom. The van der Waals surface area contributed by atoms with Crippen LogP contribution in [0.1, 0.15) is 15.9 Å². The second-order valence-electron chi connectivity index (χ2n) is 5.29. The van der Waals surface area contributed by atoms with Gasteiger partial charge in [-0.2, -0.15) is 0 Å². The number of ether oxygens (including phenoxy) is 3. The van der Waals surface area contributed by atoms with E-state index in [2.05, 4.69) is 6.58 Å². The second-order valence-corrected chi connectivity index (χ2v) is 5.29. The number of aldehydes is 1. The van der Waals surface area contributed by atoms with Crippen LogP contribution in [0.3, 0.4) is 0 Å². The lowest BCUT2D eigenvalue weighted by Gasteiger charge is -2.08. The van der Waals surface area contributed by atoms with Crippen LogP contribution in [0.25, 0.3) is 0 Å². The molecule has 0 saturated heterocycles. The first-order valence-electron chi connectivity index (χ1n) is 8.11. The highest BCUT2D eigenvalue weighted by atomic mass is 16.5. The minimum absolute atomic E-state index is 0.0399. The summed E-state index contributed by atoms with van der Waals surface area (Å²) in [5.41, 5.74) is 1.53. The molecule has 2 aromatic rings. The van der Waals surface area contributed by atoms with Crippen LogP contribution in [-0.2, 0) is 11.2 Å². The third-order valence-corrected chi connectivity index (χ3v) is 3.35. The molecule has 28 heavy (non-hydrogen) atoms. The van der Waals surface area contributed by atoms with Crippen molar-refractivity contribution in [3.63, 3.8) is 0 Å². The van der Waals surface area contributed by atoms with E-state index < -0.39 is 5.97 Å². The smallest absolute Gasteiger partial charge is 0.331 e. The van der Waals surface area contributed by atoms with Gasteiger partial charge in [-0.15, -0.1) is 6.58 Å². The van der Waals surface area contributed by atoms with E-state index in [1.165, 1.54) is 32.4 Å². The van der Waals surface area contributed by atoms with Gasteiger partial charge in [0.05, 0.1) is 26.6 Å². The minimum Gasteiger partial charge on any atom is -0.504 e. The molecule has 2 rings (SSSR count). The standard InChI is InChI=1S/C13H14O4.C8H8O3/c1-3-4-10-5-6-11(12(9-10)16-2)17-8-7-13(14)15;1-11-8-4-6(5-9)2-3-7(8)10/h3,5-9H,1,4H2,2H3,(H,14,15);2-5,10H,1H3. The summed E-state index contributed by atoms with van der Waals surface area (Å²) in [6, 6.07) is 9.83. The maximum atomic E-state index is 10.3. The Bertz CT molecular complexity index is 841. The average Bonchev–Trinajstić information content (AvgIpc) is 2.69. The van der Waals surface area contributed by atoms with Gasteiger partial charge in [-0.25, -0.2) is 4.79 Å². The summed E-state index contributed by atoms with van der Waals surface area (Å²) in [6.45, 7) is 3.65. The first-order valence-corrected chi connectivity index (χ1v) is 8.11. The Balaban J connectivity index is 0.000000307. The summed E-state index contributed by atoms with van der Waals surface area (Å²) >= 11 is 0. The number of carboxylic acids is 1. The van der Waals surface area contributed by atoms with Crippen LogP contribution >= 0.6 is 0 Å². The monoisotopic (exact) mass is 386 g/mol. The Morgan fingerprint density at radius 3 is 2.36 bits per heavy atom. The zero-order valence-corrected chi connectivity index (χ0v) is 15.6. The molecule has 0 bridgehead atoms. The number of carbonyl (C=O) groups excluding carboxylic acids is 1. The number of methoxy groups -OCH3 is 2. The van der Waals surface area contributed by atoms with E-state index in [1.807, 2.05) is 12.1 Å². The van der Waals surface area contributed by atoms with Crippen LogP contribution in [-0.4, -0.2) is 36.7 Å². The third kappa shape index (κ3) is 7.25. The summed E-state index contributed by atoms with van der Waals surface area (Å²) < 4.78 is 15.1. The van der Waals surface area contributed by atoms with Gasteiger partial charge in [-0.3, -0.25) is 4.79 Å². The van der Waals surface area contributed by atoms with Crippen molar-refractivity contribution in [1.82, 2.24) is 0 Å². The molecule has 0 aliphatic heterocycles. The van der Waals surface area contributed by atoms with Crippen molar-refractivity contribution in [3.8, 4) is 23.0 Å². The number of carbonyl (C=O) groups is 2. The number of hydrogen-bond donors (Lipinski definition) is 2. The fourth-order valence-electron chi connectivity index (χ4n) is 2.04. The van der Waals surface area contributed by atoms with Crippen LogP contribution in [0.5, 0.6) is 23.0 Å². The Morgan fingerprint density at radius 2 is 1.79 bits per heavy atom. The molecular formula is C21H22O7. The van der Waals surface area contributed by atoms with Gasteiger partial charge in [0.1, 0.15) is 6.29 Å². The van der Waals surface area contributed by atoms with Gasteiger partial charge in [0, 0.05) is 5.56 Å². The summed E-state index contributed by atoms with van der Waals surface area (Å²) in [4.78, 5) is 20.5. The molecule has 0 radical (unpaired) electrons. The van der Waals surface area contributed by atoms with E-state index in [1.54, 1.807) is 12.1 Å². The maximum absolute atomic E-state index is 10.3. The summed E-state index contributed by atoms with van der Waals surface area (Å²) in [5, 5.41) is 17.5. The molecule has 0 atom stereocenters. The highest BCUT2D eigenvalue weighted by Crippen LogP contribution is 2.28. The van der Waals surface area contributed by atoms with Crippen molar-refractivity contribution >= 4 is 12.3 Å². The predicted molar refractivity (Wildman–Crippen MR) is 104 cm³/mol. The fraction of sp³-hybridized carbons (Fsp3) is 0.143. The van der Waals surface area contributed by atoms with Crippen molar-refractivity contribution in [2.45, 2.75) is 6.42 Å². The van der Waals surface area contributed by atoms with Gasteiger partial charge in [0.25, 0.3) is 0 Å². The Hall–Kier alpha value is -3.74. The average molecular weight is 386 g/mol. The Kier molecular flexibility index (Phi) is 9.39. The predicted octanol–water partition coefficient (Wildman–Crippen LogP) is 3.61. The van der Waals surface area contributed by atoms with Crippen molar-refractivity contribution < 1.29 is 34.0 Å². The van der Waals surface area contributed by atoms with Crippen molar-refractivity contribution in [2.75, 3.05) is 14.2 Å². The first kappa shape index (κ1) is 22.3. The third-order valence-electron chi connectivity index (χ3n) is 3.35. The fourth-order valence-corrected chi connectivity index (χ4v) is 2.04. The number of allylic oxidation sites excluding steroid dienone is 1. The van der Waals surface area contributed by atoms with E-state index in [9.17, 15) is 9.59 Å². The van der Waals surface area contributed by atoms with E-state index in [-0.39, 0.29) is 5.75 Å². The molecular weight excluding hydrogens is 364 g/mol. The number of phenolic OH excluding ortho intramolecular Hbond substituents is 1. The van der Waals surface area contributed by atoms with Crippen LogP contribution in [0.15, 0.2) is 61.4 Å². The summed E-state index contributed by atoms with van der Waals surface area (Å²) in [6.07, 6.45) is 5.24. The van der Waals surface area contributed by atoms with Crippen LogP contribution in [0.2, 0.25) is 0 Å². The summed E-state index contributed by atoms with van der Waals surface area (Å²) in [5.74, 6) is 0.317. The lowest BCUT2D eigenvalue weighted by Crippen LogP contribution is -1.93. The number of carboxylic acid groups (broad SMARTS) is 1. The number of aromatic hydroxyl groups is 1. The zero-order chi connectivity index (χ0) is 20.9. The summed E-state index contributed by atoms with van der Waals surface area (Å²) in [7, 11) is 2.96. The molecule has 7 heteroatoms. The molecule has 2 N–H and O–H groups in total. The highest BCUT2D eigenvalue weighted by molar-refractivity contribution is 5.79. The van der Waals surface area contributed by atoms with E-state index in [0.717, 1.165) is 24.3 Å². The van der Waals surface area contributed by atoms with Gasteiger partial charge >= 0.3 is 5.97 Å². The van der Waals surface area contributed by atoms with E-state index in [4.69, 9.17) is 24.4 Å². The SMILES string of the molecule is C=CCc1ccc(OC=CC(=O)O)c(OC)c1.COc1cc(C=O)ccc1O. The van der Waals surface area contributed by atoms with E-state index in [0.29, 0.717) is 29.1 Å². The lowest BCUT2D eigenvalue weighted by atomic mass is 10.1. The van der Waals surface area contributed by atoms with Gasteiger partial charge < -0.3 is 24.4 Å². The molecule has 0 heterocycles. The molecule has 0 aliphatic rings.